The number of carbonyl (C=O) groups excluding carboxylic acids is 1. The van der Waals surface area contributed by atoms with Crippen molar-refractivity contribution in [3.05, 3.63) is 29.8 Å². The van der Waals surface area contributed by atoms with Gasteiger partial charge in [-0.1, -0.05) is 31.9 Å². The van der Waals surface area contributed by atoms with Crippen LogP contribution in [0.2, 0.25) is 0 Å². The minimum atomic E-state index is -0.159. The number of hydroxylamine groups is 1. The molecule has 1 aromatic rings. The maximum absolute atomic E-state index is 11.0. The van der Waals surface area contributed by atoms with Gasteiger partial charge in [0.1, 0.15) is 5.75 Å². The molecule has 0 radical (unpaired) electrons. The molecule has 26 heavy (non-hydrogen) atoms. The summed E-state index contributed by atoms with van der Waals surface area (Å²) < 4.78 is 5.93. The van der Waals surface area contributed by atoms with Gasteiger partial charge >= 0.3 is 0 Å². The Bertz CT molecular complexity index is 530. The van der Waals surface area contributed by atoms with E-state index < -0.39 is 0 Å². The standard InChI is InChI=1S/C21H34N2O3/c1-3-9-20(26-22-18(2)24)12-8-15-25-21-11-7-10-19(16-21)17-23-13-5-4-6-14-23/h7,10-11,16,20H,3-6,8-9,12-15,17H2,1-2H3,(H,22,24). The van der Waals surface area contributed by atoms with Crippen molar-refractivity contribution in [1.29, 1.82) is 0 Å². The first-order chi connectivity index (χ1) is 12.7. The fourth-order valence-corrected chi connectivity index (χ4v) is 3.36. The SMILES string of the molecule is CCCC(CCCOc1cccc(CN2CCCCC2)c1)ONC(C)=O. The maximum atomic E-state index is 11.0. The van der Waals surface area contributed by atoms with Crippen molar-refractivity contribution in [2.45, 2.75) is 71.4 Å². The molecular weight excluding hydrogens is 328 g/mol. The van der Waals surface area contributed by atoms with Crippen molar-refractivity contribution in [2.75, 3.05) is 19.7 Å². The highest BCUT2D eigenvalue weighted by atomic mass is 16.7. The number of hydrogen-bond donors (Lipinski definition) is 1. The number of nitrogens with zero attached hydrogens (tertiary/aromatic N) is 1. The molecule has 0 saturated carbocycles. The van der Waals surface area contributed by atoms with Crippen LogP contribution in [0.1, 0.15) is 64.4 Å². The molecule has 1 saturated heterocycles. The van der Waals surface area contributed by atoms with Gasteiger partial charge in [-0.2, -0.15) is 0 Å². The van der Waals surface area contributed by atoms with Gasteiger partial charge in [-0.05, 0) is 62.9 Å². The van der Waals surface area contributed by atoms with E-state index in [0.29, 0.717) is 6.61 Å². The highest BCUT2D eigenvalue weighted by molar-refractivity contribution is 5.71. The molecule has 0 spiro atoms. The van der Waals surface area contributed by atoms with Crippen LogP contribution in [0, 0.1) is 0 Å². The van der Waals surface area contributed by atoms with E-state index in [4.69, 9.17) is 9.57 Å². The molecular formula is C21H34N2O3. The number of likely N-dealkylation sites (tertiary alicyclic amines) is 1. The van der Waals surface area contributed by atoms with E-state index in [1.807, 2.05) is 6.07 Å². The lowest BCUT2D eigenvalue weighted by molar-refractivity contribution is -0.137. The summed E-state index contributed by atoms with van der Waals surface area (Å²) in [7, 11) is 0. The van der Waals surface area contributed by atoms with Gasteiger partial charge in [-0.15, -0.1) is 0 Å². The van der Waals surface area contributed by atoms with Crippen LogP contribution in [0.5, 0.6) is 5.75 Å². The Labute approximate surface area is 158 Å². The van der Waals surface area contributed by atoms with Gasteiger partial charge < -0.3 is 4.74 Å². The van der Waals surface area contributed by atoms with Gasteiger partial charge in [0, 0.05) is 13.5 Å². The molecule has 1 atom stereocenters. The van der Waals surface area contributed by atoms with E-state index in [1.165, 1.54) is 44.8 Å². The summed E-state index contributed by atoms with van der Waals surface area (Å²) in [4.78, 5) is 18.9. The average Bonchev–Trinajstić information content (AvgIpc) is 2.64. The first-order valence-corrected chi connectivity index (χ1v) is 10.0. The van der Waals surface area contributed by atoms with Crippen LogP contribution < -0.4 is 10.2 Å². The van der Waals surface area contributed by atoms with Gasteiger partial charge in [-0.3, -0.25) is 14.5 Å². The second kappa shape index (κ2) is 11.9. The van der Waals surface area contributed by atoms with Crippen LogP contribution in [-0.2, 0) is 16.2 Å². The third kappa shape index (κ3) is 8.19. The van der Waals surface area contributed by atoms with E-state index in [0.717, 1.165) is 38.0 Å². The highest BCUT2D eigenvalue weighted by Crippen LogP contribution is 2.18. The number of amides is 1. The normalized spacial score (nSPS) is 16.2. The van der Waals surface area contributed by atoms with E-state index in [9.17, 15) is 4.79 Å². The smallest absolute Gasteiger partial charge is 0.240 e. The number of benzene rings is 1. The van der Waals surface area contributed by atoms with Crippen molar-refractivity contribution in [3.63, 3.8) is 0 Å². The molecule has 1 aliphatic heterocycles. The summed E-state index contributed by atoms with van der Waals surface area (Å²) in [6, 6.07) is 8.44. The molecule has 0 aromatic heterocycles. The topological polar surface area (TPSA) is 50.8 Å². The number of rotatable bonds is 11. The third-order valence-electron chi connectivity index (χ3n) is 4.67. The Morgan fingerprint density at radius 3 is 2.77 bits per heavy atom. The minimum Gasteiger partial charge on any atom is -0.494 e. The van der Waals surface area contributed by atoms with Crippen molar-refractivity contribution in [2.24, 2.45) is 0 Å². The van der Waals surface area contributed by atoms with E-state index in [-0.39, 0.29) is 12.0 Å². The lowest BCUT2D eigenvalue weighted by atomic mass is 10.1. The molecule has 1 N–H and O–H groups in total. The molecule has 1 fully saturated rings. The molecule has 1 heterocycles. The quantitative estimate of drug-likeness (QED) is 0.476. The van der Waals surface area contributed by atoms with Crippen molar-refractivity contribution in [3.8, 4) is 5.75 Å². The number of hydrogen-bond acceptors (Lipinski definition) is 4. The van der Waals surface area contributed by atoms with Crippen molar-refractivity contribution < 1.29 is 14.4 Å². The van der Waals surface area contributed by atoms with Crippen molar-refractivity contribution in [1.82, 2.24) is 10.4 Å². The third-order valence-corrected chi connectivity index (χ3v) is 4.67. The minimum absolute atomic E-state index is 0.0536. The van der Waals surface area contributed by atoms with E-state index in [1.54, 1.807) is 0 Å². The van der Waals surface area contributed by atoms with Crippen LogP contribution in [-0.4, -0.2) is 36.6 Å². The zero-order valence-corrected chi connectivity index (χ0v) is 16.3. The lowest BCUT2D eigenvalue weighted by Crippen LogP contribution is -2.29. The van der Waals surface area contributed by atoms with E-state index in [2.05, 4.69) is 35.5 Å². The molecule has 0 bridgehead atoms. The largest absolute Gasteiger partial charge is 0.494 e. The number of piperidine rings is 1. The van der Waals surface area contributed by atoms with Crippen LogP contribution >= 0.6 is 0 Å². The Morgan fingerprint density at radius 1 is 1.23 bits per heavy atom. The predicted octanol–water partition coefficient (Wildman–Crippen LogP) is 4.07. The molecule has 5 heteroatoms. The van der Waals surface area contributed by atoms with Crippen LogP contribution in [0.15, 0.2) is 24.3 Å². The monoisotopic (exact) mass is 362 g/mol. The van der Waals surface area contributed by atoms with Gasteiger partial charge in [-0.25, -0.2) is 5.48 Å². The summed E-state index contributed by atoms with van der Waals surface area (Å²) in [5.41, 5.74) is 3.77. The molecule has 1 unspecified atom stereocenters. The molecule has 5 nitrogen and oxygen atoms in total. The van der Waals surface area contributed by atoms with Crippen molar-refractivity contribution >= 4 is 5.91 Å². The van der Waals surface area contributed by atoms with E-state index >= 15 is 0 Å². The Morgan fingerprint density at radius 2 is 2.04 bits per heavy atom. The first-order valence-electron chi connectivity index (χ1n) is 10.0. The Hall–Kier alpha value is -1.59. The molecule has 1 aromatic carbocycles. The molecule has 146 valence electrons. The Kier molecular flexibility index (Phi) is 9.50. The Balaban J connectivity index is 1.71. The highest BCUT2D eigenvalue weighted by Gasteiger charge is 2.11. The van der Waals surface area contributed by atoms with Crippen LogP contribution in [0.25, 0.3) is 0 Å². The lowest BCUT2D eigenvalue weighted by Gasteiger charge is -2.26. The summed E-state index contributed by atoms with van der Waals surface area (Å²) in [6.07, 6.45) is 7.80. The van der Waals surface area contributed by atoms with Crippen LogP contribution in [0.3, 0.4) is 0 Å². The summed E-state index contributed by atoms with van der Waals surface area (Å²) >= 11 is 0. The second-order valence-corrected chi connectivity index (χ2v) is 7.16. The summed E-state index contributed by atoms with van der Waals surface area (Å²) in [5, 5.41) is 0. The fraction of sp³-hybridized carbons (Fsp3) is 0.667. The summed E-state index contributed by atoms with van der Waals surface area (Å²) in [6.45, 7) is 7.67. The summed E-state index contributed by atoms with van der Waals surface area (Å²) in [5.74, 6) is 0.780. The number of ether oxygens (including phenoxy) is 1. The molecule has 0 aliphatic carbocycles. The molecule has 2 rings (SSSR count). The van der Waals surface area contributed by atoms with Gasteiger partial charge in [0.25, 0.3) is 0 Å². The zero-order chi connectivity index (χ0) is 18.6. The van der Waals surface area contributed by atoms with Crippen LogP contribution in [0.4, 0.5) is 0 Å². The first kappa shape index (κ1) is 20.7. The molecule has 1 amide bonds. The average molecular weight is 363 g/mol. The maximum Gasteiger partial charge on any atom is 0.240 e. The second-order valence-electron chi connectivity index (χ2n) is 7.16. The zero-order valence-electron chi connectivity index (χ0n) is 16.3. The van der Waals surface area contributed by atoms with Gasteiger partial charge in [0.2, 0.25) is 5.91 Å². The molecule has 1 aliphatic rings. The number of nitrogens with one attached hydrogen (secondary N) is 1. The fourth-order valence-electron chi connectivity index (χ4n) is 3.36. The van der Waals surface area contributed by atoms with Gasteiger partial charge in [0.05, 0.1) is 12.7 Å². The number of carbonyl (C=O) groups is 1. The van der Waals surface area contributed by atoms with Gasteiger partial charge in [0.15, 0.2) is 0 Å². The predicted molar refractivity (Wildman–Crippen MR) is 104 cm³/mol.